The number of hydrogen-bond acceptors (Lipinski definition) is 7. The highest BCUT2D eigenvalue weighted by Crippen LogP contribution is 2.03. The topological polar surface area (TPSA) is 214 Å². The van der Waals surface area contributed by atoms with Gasteiger partial charge in [-0.25, -0.2) is 0 Å². The van der Waals surface area contributed by atoms with E-state index in [2.05, 4.69) is 16.0 Å². The van der Waals surface area contributed by atoms with E-state index >= 15 is 0 Å². The molecule has 27 heavy (non-hydrogen) atoms. The number of aliphatic hydroxyl groups is 1. The van der Waals surface area contributed by atoms with Crippen molar-refractivity contribution in [2.45, 2.75) is 44.8 Å². The number of nitrogens with two attached hydrogens (primary N) is 2. The molecule has 0 radical (unpaired) electrons. The number of nitrogens with one attached hydrogen (secondary N) is 3. The third-order valence-corrected chi connectivity index (χ3v) is 3.51. The van der Waals surface area contributed by atoms with Gasteiger partial charge in [-0.05, 0) is 12.3 Å². The third-order valence-electron chi connectivity index (χ3n) is 3.51. The first-order valence-corrected chi connectivity index (χ1v) is 8.24. The Hall–Kier alpha value is -2.73. The predicted molar refractivity (Wildman–Crippen MR) is 92.8 cm³/mol. The summed E-state index contributed by atoms with van der Waals surface area (Å²) in [4.78, 5) is 57.5. The van der Waals surface area contributed by atoms with Crippen molar-refractivity contribution in [2.24, 2.45) is 17.4 Å². The molecule has 0 bridgehead atoms. The molecular formula is C15H27N5O7. The molecule has 0 saturated heterocycles. The number of amides is 4. The SMILES string of the molecule is CC(C)C(NC(=O)C(CO)NC(=O)C(N)CCC(N)=O)C(=O)NCC(=O)O. The first kappa shape index (κ1) is 24.3. The Morgan fingerprint density at radius 2 is 1.59 bits per heavy atom. The Morgan fingerprint density at radius 3 is 2.04 bits per heavy atom. The van der Waals surface area contributed by atoms with Crippen molar-refractivity contribution < 1.29 is 34.2 Å². The van der Waals surface area contributed by atoms with Crippen LogP contribution in [0.4, 0.5) is 0 Å². The summed E-state index contributed by atoms with van der Waals surface area (Å²) in [5.74, 6) is -4.62. The smallest absolute Gasteiger partial charge is 0.322 e. The maximum atomic E-state index is 12.3. The van der Waals surface area contributed by atoms with Gasteiger partial charge in [-0.15, -0.1) is 0 Å². The van der Waals surface area contributed by atoms with E-state index in [4.69, 9.17) is 16.6 Å². The van der Waals surface area contributed by atoms with Crippen LogP contribution in [0.5, 0.6) is 0 Å². The van der Waals surface area contributed by atoms with Crippen LogP contribution >= 0.6 is 0 Å². The van der Waals surface area contributed by atoms with Crippen LogP contribution in [0.1, 0.15) is 26.7 Å². The minimum atomic E-state index is -1.38. The molecule has 0 aliphatic carbocycles. The lowest BCUT2D eigenvalue weighted by atomic mass is 10.0. The molecule has 0 fully saturated rings. The van der Waals surface area contributed by atoms with Crippen molar-refractivity contribution in [3.05, 3.63) is 0 Å². The van der Waals surface area contributed by atoms with Gasteiger partial charge in [0.25, 0.3) is 0 Å². The van der Waals surface area contributed by atoms with E-state index < -0.39 is 66.8 Å². The molecule has 0 aliphatic heterocycles. The fourth-order valence-corrected chi connectivity index (χ4v) is 1.96. The fraction of sp³-hybridized carbons (Fsp3) is 0.667. The summed E-state index contributed by atoms with van der Waals surface area (Å²) in [5, 5.41) is 24.7. The summed E-state index contributed by atoms with van der Waals surface area (Å²) >= 11 is 0. The Morgan fingerprint density at radius 1 is 1.00 bits per heavy atom. The zero-order chi connectivity index (χ0) is 21.1. The van der Waals surface area contributed by atoms with Crippen LogP contribution in [0.3, 0.4) is 0 Å². The number of carbonyl (C=O) groups excluding carboxylic acids is 4. The van der Waals surface area contributed by atoms with Gasteiger partial charge in [-0.1, -0.05) is 13.8 Å². The van der Waals surface area contributed by atoms with E-state index in [1.54, 1.807) is 13.8 Å². The van der Waals surface area contributed by atoms with Crippen LogP contribution in [0, 0.1) is 5.92 Å². The van der Waals surface area contributed by atoms with E-state index in [1.165, 1.54) is 0 Å². The van der Waals surface area contributed by atoms with Crippen molar-refractivity contribution in [2.75, 3.05) is 13.2 Å². The van der Waals surface area contributed by atoms with Gasteiger partial charge in [-0.3, -0.25) is 24.0 Å². The second-order valence-electron chi connectivity index (χ2n) is 6.20. The molecular weight excluding hydrogens is 362 g/mol. The number of primary amides is 1. The number of aliphatic hydroxyl groups excluding tert-OH is 1. The number of carbonyl (C=O) groups is 5. The molecule has 12 heteroatoms. The van der Waals surface area contributed by atoms with Crippen molar-refractivity contribution in [3.8, 4) is 0 Å². The van der Waals surface area contributed by atoms with Crippen LogP contribution in [-0.2, 0) is 24.0 Å². The molecule has 3 atom stereocenters. The maximum absolute atomic E-state index is 12.3. The molecule has 0 spiro atoms. The lowest BCUT2D eigenvalue weighted by Crippen LogP contribution is -2.58. The normalized spacial score (nSPS) is 14.0. The average molecular weight is 389 g/mol. The number of carboxylic acids is 1. The summed E-state index contributed by atoms with van der Waals surface area (Å²) < 4.78 is 0. The quantitative estimate of drug-likeness (QED) is 0.176. The second kappa shape index (κ2) is 11.8. The standard InChI is InChI=1S/C15H27N5O7/c1-7(2)12(15(27)18-5-11(23)24)20-14(26)9(6-21)19-13(25)8(16)3-4-10(17)22/h7-9,12,21H,3-6,16H2,1-2H3,(H2,17,22)(H,18,27)(H,19,25)(H,20,26)(H,23,24). The van der Waals surface area contributed by atoms with Crippen LogP contribution < -0.4 is 27.4 Å². The lowest BCUT2D eigenvalue weighted by molar-refractivity contribution is -0.139. The van der Waals surface area contributed by atoms with E-state index in [0.29, 0.717) is 0 Å². The minimum Gasteiger partial charge on any atom is -0.480 e. The highest BCUT2D eigenvalue weighted by molar-refractivity contribution is 5.94. The minimum absolute atomic E-state index is 0.0346. The van der Waals surface area contributed by atoms with Crippen molar-refractivity contribution in [1.82, 2.24) is 16.0 Å². The maximum Gasteiger partial charge on any atom is 0.322 e. The zero-order valence-electron chi connectivity index (χ0n) is 15.2. The van der Waals surface area contributed by atoms with Crippen LogP contribution in [-0.4, -0.2) is 71.1 Å². The largest absolute Gasteiger partial charge is 0.480 e. The van der Waals surface area contributed by atoms with Crippen molar-refractivity contribution in [1.29, 1.82) is 0 Å². The molecule has 0 aromatic rings. The van der Waals surface area contributed by atoms with Gasteiger partial charge >= 0.3 is 5.97 Å². The summed E-state index contributed by atoms with van der Waals surface area (Å²) in [7, 11) is 0. The predicted octanol–water partition coefficient (Wildman–Crippen LogP) is -3.60. The molecule has 4 amide bonds. The molecule has 0 aliphatic rings. The fourth-order valence-electron chi connectivity index (χ4n) is 1.96. The van der Waals surface area contributed by atoms with E-state index in [9.17, 15) is 29.1 Å². The van der Waals surface area contributed by atoms with Crippen LogP contribution in [0.2, 0.25) is 0 Å². The molecule has 12 nitrogen and oxygen atoms in total. The van der Waals surface area contributed by atoms with Crippen LogP contribution in [0.25, 0.3) is 0 Å². The Labute approximate surface area is 156 Å². The third kappa shape index (κ3) is 9.51. The average Bonchev–Trinajstić information content (AvgIpc) is 2.58. The summed E-state index contributed by atoms with van der Waals surface area (Å²) in [6.45, 7) is 1.86. The zero-order valence-corrected chi connectivity index (χ0v) is 15.2. The summed E-state index contributed by atoms with van der Waals surface area (Å²) in [5.41, 5.74) is 10.5. The Balaban J connectivity index is 4.87. The number of rotatable bonds is 12. The lowest BCUT2D eigenvalue weighted by Gasteiger charge is -2.25. The first-order valence-electron chi connectivity index (χ1n) is 8.24. The summed E-state index contributed by atoms with van der Waals surface area (Å²) in [6, 6.07) is -3.57. The van der Waals surface area contributed by atoms with Gasteiger partial charge in [0, 0.05) is 6.42 Å². The van der Waals surface area contributed by atoms with Gasteiger partial charge in [-0.2, -0.15) is 0 Å². The molecule has 0 heterocycles. The van der Waals surface area contributed by atoms with Gasteiger partial charge in [0.1, 0.15) is 18.6 Å². The second-order valence-corrected chi connectivity index (χ2v) is 6.20. The van der Waals surface area contributed by atoms with Gasteiger partial charge in [0.2, 0.25) is 23.6 Å². The monoisotopic (exact) mass is 389 g/mol. The van der Waals surface area contributed by atoms with Gasteiger partial charge in [0.15, 0.2) is 0 Å². The van der Waals surface area contributed by atoms with Crippen molar-refractivity contribution in [3.63, 3.8) is 0 Å². The Kier molecular flexibility index (Phi) is 10.6. The molecule has 0 aromatic carbocycles. The van der Waals surface area contributed by atoms with E-state index in [1.807, 2.05) is 0 Å². The molecule has 9 N–H and O–H groups in total. The molecule has 0 aromatic heterocycles. The highest BCUT2D eigenvalue weighted by atomic mass is 16.4. The van der Waals surface area contributed by atoms with Gasteiger partial charge < -0.3 is 37.6 Å². The van der Waals surface area contributed by atoms with E-state index in [0.717, 1.165) is 0 Å². The number of aliphatic carboxylic acids is 1. The molecule has 3 unspecified atom stereocenters. The molecule has 0 rings (SSSR count). The van der Waals surface area contributed by atoms with E-state index in [-0.39, 0.29) is 12.8 Å². The highest BCUT2D eigenvalue weighted by Gasteiger charge is 2.29. The first-order chi connectivity index (χ1) is 12.5. The molecule has 154 valence electrons. The number of carboxylic acid groups (broad SMARTS) is 1. The molecule has 0 saturated carbocycles. The Bertz CT molecular complexity index is 567. The van der Waals surface area contributed by atoms with Crippen LogP contribution in [0.15, 0.2) is 0 Å². The van der Waals surface area contributed by atoms with Gasteiger partial charge in [0.05, 0.1) is 12.6 Å². The van der Waals surface area contributed by atoms with Crippen molar-refractivity contribution >= 4 is 29.6 Å². The summed E-state index contributed by atoms with van der Waals surface area (Å²) in [6.07, 6.45) is -0.156. The number of hydrogen-bond donors (Lipinski definition) is 7.